The number of anilines is 1. The molecule has 1 fully saturated rings. The predicted molar refractivity (Wildman–Crippen MR) is 110 cm³/mol. The molecule has 0 unspecified atom stereocenters. The van der Waals surface area contributed by atoms with E-state index in [1.807, 2.05) is 53.7 Å². The molecule has 1 saturated heterocycles. The van der Waals surface area contributed by atoms with Gasteiger partial charge in [0.25, 0.3) is 5.91 Å². The van der Waals surface area contributed by atoms with Crippen LogP contribution in [0.2, 0.25) is 0 Å². The Morgan fingerprint density at radius 1 is 1.11 bits per heavy atom. The molecular formula is C22H26N4O2. The van der Waals surface area contributed by atoms with Crippen LogP contribution in [0.1, 0.15) is 16.7 Å². The molecule has 0 radical (unpaired) electrons. The third-order valence-electron chi connectivity index (χ3n) is 5.59. The van der Waals surface area contributed by atoms with Gasteiger partial charge in [0, 0.05) is 44.8 Å². The predicted octanol–water partition coefficient (Wildman–Crippen LogP) is 2.99. The molecule has 2 aromatic heterocycles. The van der Waals surface area contributed by atoms with Crippen LogP contribution < -0.4 is 9.64 Å². The molecule has 0 saturated carbocycles. The molecule has 0 atom stereocenters. The number of imidazole rings is 1. The van der Waals surface area contributed by atoms with Crippen molar-refractivity contribution in [3.05, 3.63) is 59.5 Å². The first kappa shape index (κ1) is 18.3. The average Bonchev–Trinajstić information content (AvgIpc) is 3.15. The van der Waals surface area contributed by atoms with Gasteiger partial charge in [-0.2, -0.15) is 0 Å². The van der Waals surface area contributed by atoms with Crippen molar-refractivity contribution in [2.75, 3.05) is 37.7 Å². The van der Waals surface area contributed by atoms with Gasteiger partial charge in [0.1, 0.15) is 11.4 Å². The summed E-state index contributed by atoms with van der Waals surface area (Å²) >= 11 is 0. The van der Waals surface area contributed by atoms with Crippen molar-refractivity contribution in [3.63, 3.8) is 0 Å². The van der Waals surface area contributed by atoms with Crippen molar-refractivity contribution in [1.29, 1.82) is 0 Å². The summed E-state index contributed by atoms with van der Waals surface area (Å²) in [6, 6.07) is 8.03. The standard InChI is InChI=1S/C22H26N4O2/c1-16-5-4-6-20(18(16)3)28-15-22(27)25-11-9-24(10-12-25)19-14-26-8-7-23-21(26)13-17(19)2/h4-8,13-14H,9-12,15H2,1-3H3. The first-order valence-corrected chi connectivity index (χ1v) is 9.68. The molecule has 3 aromatic rings. The number of pyridine rings is 1. The topological polar surface area (TPSA) is 50.1 Å². The molecule has 0 aliphatic carbocycles. The Morgan fingerprint density at radius 3 is 2.68 bits per heavy atom. The third kappa shape index (κ3) is 3.54. The van der Waals surface area contributed by atoms with Gasteiger partial charge in [0.05, 0.1) is 5.69 Å². The molecule has 1 aromatic carbocycles. The van der Waals surface area contributed by atoms with E-state index in [1.54, 1.807) is 0 Å². The Hall–Kier alpha value is -3.02. The van der Waals surface area contributed by atoms with Gasteiger partial charge >= 0.3 is 0 Å². The summed E-state index contributed by atoms with van der Waals surface area (Å²) in [7, 11) is 0. The van der Waals surface area contributed by atoms with E-state index in [9.17, 15) is 4.79 Å². The van der Waals surface area contributed by atoms with Crippen molar-refractivity contribution < 1.29 is 9.53 Å². The first-order valence-electron chi connectivity index (χ1n) is 9.68. The Morgan fingerprint density at radius 2 is 1.89 bits per heavy atom. The number of rotatable bonds is 4. The number of carbonyl (C=O) groups excluding carboxylic acids is 1. The molecule has 28 heavy (non-hydrogen) atoms. The van der Waals surface area contributed by atoms with Gasteiger partial charge in [-0.15, -0.1) is 0 Å². The molecule has 4 rings (SSSR count). The van der Waals surface area contributed by atoms with Gasteiger partial charge in [-0.25, -0.2) is 4.98 Å². The van der Waals surface area contributed by atoms with Crippen molar-refractivity contribution in [2.45, 2.75) is 20.8 Å². The van der Waals surface area contributed by atoms with E-state index in [0.717, 1.165) is 30.0 Å². The maximum absolute atomic E-state index is 12.6. The summed E-state index contributed by atoms with van der Waals surface area (Å²) in [6.07, 6.45) is 5.90. The van der Waals surface area contributed by atoms with Crippen LogP contribution in [0.5, 0.6) is 5.75 Å². The second-order valence-corrected chi connectivity index (χ2v) is 7.39. The Kier molecular flexibility index (Phi) is 4.94. The van der Waals surface area contributed by atoms with Gasteiger partial charge in [0.15, 0.2) is 6.61 Å². The number of amides is 1. The maximum Gasteiger partial charge on any atom is 0.260 e. The van der Waals surface area contributed by atoms with Crippen LogP contribution in [-0.2, 0) is 4.79 Å². The van der Waals surface area contributed by atoms with Crippen LogP contribution in [0.25, 0.3) is 5.65 Å². The van der Waals surface area contributed by atoms with Gasteiger partial charge < -0.3 is 18.9 Å². The van der Waals surface area contributed by atoms with Crippen LogP contribution >= 0.6 is 0 Å². The zero-order valence-electron chi connectivity index (χ0n) is 16.7. The van der Waals surface area contributed by atoms with E-state index in [1.165, 1.54) is 16.8 Å². The summed E-state index contributed by atoms with van der Waals surface area (Å²) in [6.45, 7) is 9.31. The highest BCUT2D eigenvalue weighted by Crippen LogP contribution is 2.23. The zero-order valence-corrected chi connectivity index (χ0v) is 16.7. The van der Waals surface area contributed by atoms with Crippen LogP contribution in [0.4, 0.5) is 5.69 Å². The molecule has 6 nitrogen and oxygen atoms in total. The monoisotopic (exact) mass is 378 g/mol. The number of piperazine rings is 1. The van der Waals surface area contributed by atoms with Crippen LogP contribution in [0, 0.1) is 20.8 Å². The smallest absolute Gasteiger partial charge is 0.260 e. The Labute approximate surface area is 165 Å². The van der Waals surface area contributed by atoms with E-state index in [-0.39, 0.29) is 12.5 Å². The molecule has 3 heterocycles. The number of hydrogen-bond acceptors (Lipinski definition) is 4. The van der Waals surface area contributed by atoms with Gasteiger partial charge in [-0.1, -0.05) is 12.1 Å². The molecule has 1 aliphatic heterocycles. The number of hydrogen-bond donors (Lipinski definition) is 0. The molecule has 0 spiro atoms. The molecule has 0 N–H and O–H groups in total. The number of ether oxygens (including phenoxy) is 1. The number of aryl methyl sites for hydroxylation is 2. The van der Waals surface area contributed by atoms with Crippen molar-refractivity contribution in [1.82, 2.24) is 14.3 Å². The van der Waals surface area contributed by atoms with E-state index >= 15 is 0 Å². The Balaban J connectivity index is 1.36. The minimum Gasteiger partial charge on any atom is -0.483 e. The molecule has 1 amide bonds. The number of fused-ring (bicyclic) bond motifs is 1. The summed E-state index contributed by atoms with van der Waals surface area (Å²) in [5, 5.41) is 0. The SMILES string of the molecule is Cc1cc2nccn2cc1N1CCN(C(=O)COc2cccc(C)c2C)CC1. The fraction of sp³-hybridized carbons (Fsp3) is 0.364. The van der Waals surface area contributed by atoms with E-state index < -0.39 is 0 Å². The molecule has 6 heteroatoms. The number of carbonyl (C=O) groups is 1. The highest BCUT2D eigenvalue weighted by atomic mass is 16.5. The van der Waals surface area contributed by atoms with Crippen LogP contribution in [0.3, 0.4) is 0 Å². The quantitative estimate of drug-likeness (QED) is 0.700. The second kappa shape index (κ2) is 7.54. The fourth-order valence-corrected chi connectivity index (χ4v) is 3.69. The molecule has 1 aliphatic rings. The molecule has 146 valence electrons. The highest BCUT2D eigenvalue weighted by Gasteiger charge is 2.23. The van der Waals surface area contributed by atoms with Gasteiger partial charge in [0.2, 0.25) is 0 Å². The van der Waals surface area contributed by atoms with Crippen LogP contribution in [0.15, 0.2) is 42.9 Å². The molecule has 0 bridgehead atoms. The van der Waals surface area contributed by atoms with E-state index in [4.69, 9.17) is 4.74 Å². The third-order valence-corrected chi connectivity index (χ3v) is 5.59. The minimum atomic E-state index is 0.0438. The lowest BCUT2D eigenvalue weighted by Gasteiger charge is -2.36. The number of benzene rings is 1. The largest absolute Gasteiger partial charge is 0.483 e. The van der Waals surface area contributed by atoms with Crippen molar-refractivity contribution >= 4 is 17.2 Å². The second-order valence-electron chi connectivity index (χ2n) is 7.39. The average molecular weight is 378 g/mol. The lowest BCUT2D eigenvalue weighted by atomic mass is 10.1. The molecular weight excluding hydrogens is 352 g/mol. The highest BCUT2D eigenvalue weighted by molar-refractivity contribution is 5.78. The number of nitrogens with zero attached hydrogens (tertiary/aromatic N) is 4. The normalized spacial score (nSPS) is 14.5. The Bertz CT molecular complexity index is 1000. The minimum absolute atomic E-state index is 0.0438. The maximum atomic E-state index is 12.6. The fourth-order valence-electron chi connectivity index (χ4n) is 3.69. The number of aromatic nitrogens is 2. The summed E-state index contributed by atoms with van der Waals surface area (Å²) in [4.78, 5) is 21.2. The van der Waals surface area contributed by atoms with Crippen molar-refractivity contribution in [3.8, 4) is 5.75 Å². The van der Waals surface area contributed by atoms with Gasteiger partial charge in [-0.3, -0.25) is 4.79 Å². The van der Waals surface area contributed by atoms with Crippen molar-refractivity contribution in [2.24, 2.45) is 0 Å². The lowest BCUT2D eigenvalue weighted by Crippen LogP contribution is -2.50. The lowest BCUT2D eigenvalue weighted by molar-refractivity contribution is -0.133. The summed E-state index contributed by atoms with van der Waals surface area (Å²) in [5.74, 6) is 0.832. The van der Waals surface area contributed by atoms with E-state index in [2.05, 4.69) is 29.1 Å². The zero-order chi connectivity index (χ0) is 19.7. The van der Waals surface area contributed by atoms with E-state index in [0.29, 0.717) is 13.1 Å². The van der Waals surface area contributed by atoms with Crippen LogP contribution in [-0.4, -0.2) is 53.0 Å². The summed E-state index contributed by atoms with van der Waals surface area (Å²) < 4.78 is 7.83. The first-order chi connectivity index (χ1) is 13.5. The van der Waals surface area contributed by atoms with Gasteiger partial charge in [-0.05, 0) is 49.6 Å². The summed E-state index contributed by atoms with van der Waals surface area (Å²) in [5.41, 5.74) is 5.62.